The zero-order chi connectivity index (χ0) is 23.8. The molecule has 0 bridgehead atoms. The second kappa shape index (κ2) is 9.88. The number of likely N-dealkylation sites (tertiary alicyclic amines) is 1. The van der Waals surface area contributed by atoms with Gasteiger partial charge >= 0.3 is 0 Å². The van der Waals surface area contributed by atoms with E-state index in [1.54, 1.807) is 12.1 Å². The molecule has 1 aliphatic carbocycles. The van der Waals surface area contributed by atoms with E-state index in [9.17, 15) is 10.0 Å². The van der Waals surface area contributed by atoms with Crippen LogP contribution in [0.1, 0.15) is 40.8 Å². The summed E-state index contributed by atoms with van der Waals surface area (Å²) in [5.74, 6) is 1.65. The Bertz CT molecular complexity index is 1230. The van der Waals surface area contributed by atoms with Gasteiger partial charge in [0.05, 0.1) is 17.4 Å². The molecule has 3 heterocycles. The van der Waals surface area contributed by atoms with Crippen molar-refractivity contribution in [3.05, 3.63) is 102 Å². The van der Waals surface area contributed by atoms with Gasteiger partial charge in [-0.05, 0) is 34.3 Å². The molecule has 1 aromatic carbocycles. The number of benzene rings is 1. The molecule has 2 aromatic heterocycles. The molecule has 8 heteroatoms. The number of aromatic nitrogens is 2. The van der Waals surface area contributed by atoms with Crippen LogP contribution in [0.3, 0.4) is 0 Å². The van der Waals surface area contributed by atoms with Gasteiger partial charge in [0.25, 0.3) is 0 Å². The van der Waals surface area contributed by atoms with Gasteiger partial charge in [-0.3, -0.25) is 4.79 Å². The normalized spacial score (nSPS) is 16.1. The van der Waals surface area contributed by atoms with Crippen LogP contribution in [0, 0.1) is 17.0 Å². The van der Waals surface area contributed by atoms with Gasteiger partial charge in [-0.15, -0.1) is 0 Å². The van der Waals surface area contributed by atoms with Gasteiger partial charge in [-0.2, -0.15) is 4.73 Å². The van der Waals surface area contributed by atoms with Crippen LogP contribution < -0.4 is 4.73 Å². The highest BCUT2D eigenvalue weighted by atomic mass is 79.9. The van der Waals surface area contributed by atoms with Crippen LogP contribution in [0.5, 0.6) is 0 Å². The van der Waals surface area contributed by atoms with Gasteiger partial charge in [0, 0.05) is 99.9 Å². The number of piperidine rings is 1. The highest BCUT2D eigenvalue weighted by molar-refractivity contribution is 9.10. The Labute approximate surface area is 221 Å². The minimum Gasteiger partial charge on any atom is -0.619 e. The van der Waals surface area contributed by atoms with E-state index in [4.69, 9.17) is 16.6 Å². The number of carbonyl (C=O) groups excluding carboxylic acids is 1. The lowest BCUT2D eigenvalue weighted by molar-refractivity contribution is -0.605. The van der Waals surface area contributed by atoms with Gasteiger partial charge < -0.3 is 10.1 Å². The molecule has 5 nitrogen and oxygen atoms in total. The maximum atomic E-state index is 12.9. The summed E-state index contributed by atoms with van der Waals surface area (Å²) in [7, 11) is 0. The lowest BCUT2D eigenvalue weighted by Crippen LogP contribution is -2.41. The molecule has 1 saturated heterocycles. The highest BCUT2D eigenvalue weighted by Crippen LogP contribution is 2.45. The van der Waals surface area contributed by atoms with Crippen molar-refractivity contribution < 1.29 is 9.52 Å². The van der Waals surface area contributed by atoms with E-state index in [2.05, 4.69) is 44.0 Å². The molecule has 0 N–H and O–H groups in total. The molecule has 1 fully saturated rings. The predicted molar refractivity (Wildman–Crippen MR) is 138 cm³/mol. The molecule has 0 unspecified atom stereocenters. The van der Waals surface area contributed by atoms with Crippen LogP contribution >= 0.6 is 43.5 Å². The number of nitrogens with zero attached hydrogens (tertiary/aromatic N) is 3. The van der Waals surface area contributed by atoms with Gasteiger partial charge in [-0.1, -0.05) is 11.6 Å². The molecule has 174 valence electrons. The Balaban J connectivity index is 1.40. The predicted octanol–water partition coefficient (Wildman–Crippen LogP) is 5.44. The van der Waals surface area contributed by atoms with Crippen LogP contribution in [-0.4, -0.2) is 28.9 Å². The second-order valence-corrected chi connectivity index (χ2v) is 11.1. The van der Waals surface area contributed by atoms with Crippen molar-refractivity contribution in [2.75, 3.05) is 13.1 Å². The Morgan fingerprint density at radius 3 is 2.59 bits per heavy atom. The standard InChI is InChI=1S/C26H23Br2ClN3O2/c27-20-12-19-2-1-18-13-21(29)14-22(28)24(18)25(26(19)30-15-20)17-5-7-31(8-6-17)23(33)11-16-3-9-32(34)10-4-16/h3-4,9-10,12-15,17H,1-2,5-8,11H2/q+1. The van der Waals surface area contributed by atoms with Crippen molar-refractivity contribution >= 4 is 49.4 Å². The van der Waals surface area contributed by atoms with E-state index in [1.807, 2.05) is 17.2 Å². The summed E-state index contributed by atoms with van der Waals surface area (Å²) in [5, 5.41) is 12.0. The third kappa shape index (κ3) is 4.83. The number of rotatable bonds is 3. The van der Waals surface area contributed by atoms with E-state index in [-0.39, 0.29) is 5.91 Å². The summed E-state index contributed by atoms with van der Waals surface area (Å²) >= 11 is 13.8. The molecule has 0 saturated carbocycles. The topological polar surface area (TPSA) is 60.1 Å². The lowest BCUT2D eigenvalue weighted by atomic mass is 9.76. The summed E-state index contributed by atoms with van der Waals surface area (Å²) in [5.41, 5.74) is 5.60. The molecule has 5 rings (SSSR count). The average molecular weight is 605 g/mol. The SMILES string of the molecule is O=C(Cc1cc[n+]([O-])cc1)N1CCC([C+]2c3ncc(Br)cc3CCc3cc(Cl)cc(Br)c32)CC1. The summed E-state index contributed by atoms with van der Waals surface area (Å²) < 4.78 is 2.72. The van der Waals surface area contributed by atoms with Crippen molar-refractivity contribution in [3.63, 3.8) is 0 Å². The van der Waals surface area contributed by atoms with Gasteiger partial charge in [0.1, 0.15) is 10.0 Å². The first-order chi connectivity index (χ1) is 16.4. The molecule has 1 amide bonds. The summed E-state index contributed by atoms with van der Waals surface area (Å²) in [6, 6.07) is 9.63. The number of carbonyl (C=O) groups is 1. The highest BCUT2D eigenvalue weighted by Gasteiger charge is 2.41. The first kappa shape index (κ1) is 23.6. The second-order valence-electron chi connectivity index (χ2n) is 8.89. The van der Waals surface area contributed by atoms with E-state index in [1.165, 1.54) is 35.0 Å². The fourth-order valence-electron chi connectivity index (χ4n) is 5.09. The summed E-state index contributed by atoms with van der Waals surface area (Å²) in [4.78, 5) is 19.7. The summed E-state index contributed by atoms with van der Waals surface area (Å²) in [6.07, 6.45) is 8.61. The van der Waals surface area contributed by atoms with Crippen molar-refractivity contribution in [2.45, 2.75) is 32.1 Å². The fraction of sp³-hybridized carbons (Fsp3) is 0.308. The molecule has 3 aromatic rings. The average Bonchev–Trinajstić information content (AvgIpc) is 2.97. The van der Waals surface area contributed by atoms with Gasteiger partial charge in [0.2, 0.25) is 5.91 Å². The largest absolute Gasteiger partial charge is 0.619 e. The van der Waals surface area contributed by atoms with Crippen molar-refractivity contribution in [2.24, 2.45) is 5.92 Å². The molecular formula is C26H23Br2ClN3O2+. The van der Waals surface area contributed by atoms with Crippen molar-refractivity contribution in [1.29, 1.82) is 0 Å². The minimum absolute atomic E-state index is 0.101. The number of pyridine rings is 2. The zero-order valence-corrected chi connectivity index (χ0v) is 22.4. The first-order valence-electron chi connectivity index (χ1n) is 11.3. The van der Waals surface area contributed by atoms with Crippen molar-refractivity contribution in [1.82, 2.24) is 9.88 Å². The van der Waals surface area contributed by atoms with Crippen LogP contribution in [0.2, 0.25) is 5.02 Å². The maximum absolute atomic E-state index is 12.9. The van der Waals surface area contributed by atoms with E-state index < -0.39 is 0 Å². The smallest absolute Gasteiger partial charge is 0.226 e. The van der Waals surface area contributed by atoms with E-state index >= 15 is 0 Å². The zero-order valence-electron chi connectivity index (χ0n) is 18.4. The molecule has 2 aliphatic rings. The molecule has 34 heavy (non-hydrogen) atoms. The fourth-order valence-corrected chi connectivity index (χ4v) is 6.56. The monoisotopic (exact) mass is 602 g/mol. The molecule has 0 atom stereocenters. The van der Waals surface area contributed by atoms with Crippen molar-refractivity contribution in [3.8, 4) is 0 Å². The van der Waals surface area contributed by atoms with Crippen LogP contribution in [-0.2, 0) is 24.1 Å². The van der Waals surface area contributed by atoms with E-state index in [0.717, 1.165) is 55.6 Å². The van der Waals surface area contributed by atoms with E-state index in [0.29, 0.717) is 25.4 Å². The molecule has 0 spiro atoms. The lowest BCUT2D eigenvalue weighted by Gasteiger charge is -2.34. The molecule has 1 aliphatic heterocycles. The molecule has 0 radical (unpaired) electrons. The van der Waals surface area contributed by atoms with Crippen LogP contribution in [0.4, 0.5) is 0 Å². The Morgan fingerprint density at radius 2 is 1.85 bits per heavy atom. The Morgan fingerprint density at radius 1 is 1.15 bits per heavy atom. The number of amides is 1. The van der Waals surface area contributed by atoms with Crippen LogP contribution in [0.25, 0.3) is 0 Å². The Kier molecular flexibility index (Phi) is 6.87. The summed E-state index contributed by atoms with van der Waals surface area (Å²) in [6.45, 7) is 1.40. The number of hydrogen-bond acceptors (Lipinski definition) is 3. The number of hydrogen-bond donors (Lipinski definition) is 0. The third-order valence-corrected chi connectivity index (χ3v) is 8.02. The Hall–Kier alpha value is -2.09. The quantitative estimate of drug-likeness (QED) is 0.227. The maximum Gasteiger partial charge on any atom is 0.226 e. The molecular weight excluding hydrogens is 582 g/mol. The minimum atomic E-state index is 0.101. The number of fused-ring (bicyclic) bond motifs is 2. The number of halogens is 3. The van der Waals surface area contributed by atoms with Gasteiger partial charge in [0.15, 0.2) is 18.1 Å². The van der Waals surface area contributed by atoms with Gasteiger partial charge in [-0.25, -0.2) is 4.98 Å². The van der Waals surface area contributed by atoms with Crippen LogP contribution in [0.15, 0.2) is 57.9 Å². The number of aryl methyl sites for hydroxylation is 2. The third-order valence-electron chi connectivity index (χ3n) is 6.74. The first-order valence-corrected chi connectivity index (χ1v) is 13.3.